The second kappa shape index (κ2) is 7.38. The van der Waals surface area contributed by atoms with Crippen LogP contribution in [0.4, 0.5) is 0 Å². The maximum Gasteiger partial charge on any atom is 0.228 e. The Hall–Kier alpha value is -1.66. The number of carbonyl (C=O) groups is 1. The summed E-state index contributed by atoms with van der Waals surface area (Å²) in [5, 5.41) is 6.28. The topological polar surface area (TPSA) is 72.5 Å². The van der Waals surface area contributed by atoms with Gasteiger partial charge < -0.3 is 20.1 Å². The average Bonchev–Trinajstić information content (AvgIpc) is 2.54. The molecule has 0 saturated carbocycles. The van der Waals surface area contributed by atoms with Crippen molar-refractivity contribution in [2.75, 3.05) is 33.9 Å². The third-order valence-corrected chi connectivity index (χ3v) is 3.95. The lowest BCUT2D eigenvalue weighted by Crippen LogP contribution is -2.50. The molecule has 21 heavy (non-hydrogen) atoms. The highest BCUT2D eigenvalue weighted by Gasteiger charge is 2.39. The van der Waals surface area contributed by atoms with Crippen molar-refractivity contribution in [2.24, 2.45) is 5.41 Å². The van der Waals surface area contributed by atoms with Crippen LogP contribution in [-0.4, -0.2) is 44.8 Å². The van der Waals surface area contributed by atoms with Crippen molar-refractivity contribution in [3.63, 3.8) is 0 Å². The van der Waals surface area contributed by atoms with Gasteiger partial charge >= 0.3 is 0 Å². The molecule has 0 atom stereocenters. The molecule has 0 unspecified atom stereocenters. The van der Waals surface area contributed by atoms with Crippen LogP contribution in [0.25, 0.3) is 0 Å². The molecule has 6 nitrogen and oxygen atoms in total. The van der Waals surface area contributed by atoms with Gasteiger partial charge in [0.2, 0.25) is 11.8 Å². The summed E-state index contributed by atoms with van der Waals surface area (Å²) in [4.78, 5) is 16.7. The number of nitrogens with one attached hydrogen (secondary N) is 2. The highest BCUT2D eigenvalue weighted by molar-refractivity contribution is 5.83. The molecule has 2 heterocycles. The van der Waals surface area contributed by atoms with Crippen molar-refractivity contribution in [2.45, 2.75) is 19.4 Å². The number of aromatic nitrogens is 1. The lowest BCUT2D eigenvalue weighted by Gasteiger charge is -2.35. The number of nitrogens with zero attached hydrogens (tertiary/aromatic N) is 1. The Bertz CT molecular complexity index is 467. The Morgan fingerprint density at radius 3 is 2.86 bits per heavy atom. The van der Waals surface area contributed by atoms with Crippen molar-refractivity contribution >= 4 is 5.91 Å². The van der Waals surface area contributed by atoms with Crippen LogP contribution in [0.1, 0.15) is 18.4 Å². The van der Waals surface area contributed by atoms with Crippen molar-refractivity contribution < 1.29 is 14.3 Å². The molecule has 0 aliphatic carbocycles. The Morgan fingerprint density at radius 2 is 2.19 bits per heavy atom. The molecule has 1 amide bonds. The van der Waals surface area contributed by atoms with E-state index in [4.69, 9.17) is 9.47 Å². The standard InChI is InChI=1S/C15H23N3O3/c1-20-11-15(5-8-16-9-6-15)14(19)18-10-12-4-3-7-17-13(12)21-2/h3-4,7,16H,5-6,8-11H2,1-2H3,(H,18,19). The monoisotopic (exact) mass is 293 g/mol. The predicted molar refractivity (Wildman–Crippen MR) is 79.0 cm³/mol. The van der Waals surface area contributed by atoms with Gasteiger partial charge in [-0.2, -0.15) is 0 Å². The molecule has 116 valence electrons. The Morgan fingerprint density at radius 1 is 1.43 bits per heavy atom. The van der Waals surface area contributed by atoms with E-state index in [1.54, 1.807) is 20.4 Å². The van der Waals surface area contributed by atoms with Crippen LogP contribution >= 0.6 is 0 Å². The SMILES string of the molecule is COCC1(C(=O)NCc2cccnc2OC)CCNCC1. The molecule has 0 spiro atoms. The van der Waals surface area contributed by atoms with Crippen molar-refractivity contribution in [1.82, 2.24) is 15.6 Å². The molecule has 2 rings (SSSR count). The van der Waals surface area contributed by atoms with Gasteiger partial charge in [0, 0.05) is 25.4 Å². The van der Waals surface area contributed by atoms with Crippen LogP contribution in [0.5, 0.6) is 5.88 Å². The lowest BCUT2D eigenvalue weighted by molar-refractivity contribution is -0.136. The Labute approximate surface area is 125 Å². The quantitative estimate of drug-likeness (QED) is 0.809. The zero-order valence-electron chi connectivity index (χ0n) is 12.6. The number of rotatable bonds is 6. The largest absolute Gasteiger partial charge is 0.481 e. The first-order valence-corrected chi connectivity index (χ1v) is 7.18. The third-order valence-electron chi connectivity index (χ3n) is 3.95. The van der Waals surface area contributed by atoms with Gasteiger partial charge in [-0.15, -0.1) is 0 Å². The van der Waals surface area contributed by atoms with Crippen molar-refractivity contribution in [3.8, 4) is 5.88 Å². The maximum atomic E-state index is 12.6. The first-order chi connectivity index (χ1) is 10.2. The molecule has 1 saturated heterocycles. The molecular weight excluding hydrogens is 270 g/mol. The summed E-state index contributed by atoms with van der Waals surface area (Å²) < 4.78 is 10.5. The lowest BCUT2D eigenvalue weighted by atomic mass is 9.78. The van der Waals surface area contributed by atoms with Crippen LogP contribution in [-0.2, 0) is 16.1 Å². The van der Waals surface area contributed by atoms with E-state index in [9.17, 15) is 4.79 Å². The van der Waals surface area contributed by atoms with Gasteiger partial charge in [-0.1, -0.05) is 6.07 Å². The minimum atomic E-state index is -0.435. The molecule has 6 heteroatoms. The fourth-order valence-electron chi connectivity index (χ4n) is 2.72. The number of methoxy groups -OCH3 is 2. The van der Waals surface area contributed by atoms with Crippen molar-refractivity contribution in [1.29, 1.82) is 0 Å². The first-order valence-electron chi connectivity index (χ1n) is 7.18. The molecule has 1 aromatic heterocycles. The maximum absolute atomic E-state index is 12.6. The second-order valence-electron chi connectivity index (χ2n) is 5.32. The summed E-state index contributed by atoms with van der Waals surface area (Å²) in [6, 6.07) is 3.73. The number of amides is 1. The fourth-order valence-corrected chi connectivity index (χ4v) is 2.72. The van der Waals surface area contributed by atoms with Crippen LogP contribution in [0.3, 0.4) is 0 Å². The number of pyridine rings is 1. The van der Waals surface area contributed by atoms with E-state index in [0.717, 1.165) is 31.5 Å². The van der Waals surface area contributed by atoms with E-state index in [-0.39, 0.29) is 5.91 Å². The molecule has 0 radical (unpaired) electrons. The van der Waals surface area contributed by atoms with Crippen LogP contribution < -0.4 is 15.4 Å². The summed E-state index contributed by atoms with van der Waals surface area (Å²) >= 11 is 0. The van der Waals surface area contributed by atoms with Crippen LogP contribution in [0.2, 0.25) is 0 Å². The van der Waals surface area contributed by atoms with Gasteiger partial charge in [0.1, 0.15) is 0 Å². The average molecular weight is 293 g/mol. The summed E-state index contributed by atoms with van der Waals surface area (Å²) in [5.74, 6) is 0.584. The summed E-state index contributed by atoms with van der Waals surface area (Å²) in [6.45, 7) is 2.54. The normalized spacial score (nSPS) is 17.2. The summed E-state index contributed by atoms with van der Waals surface area (Å²) in [5.41, 5.74) is 0.435. The van der Waals surface area contributed by atoms with E-state index in [0.29, 0.717) is 19.0 Å². The van der Waals surface area contributed by atoms with Gasteiger partial charge in [0.05, 0.1) is 19.1 Å². The highest BCUT2D eigenvalue weighted by Crippen LogP contribution is 2.29. The number of carbonyl (C=O) groups excluding carboxylic acids is 1. The minimum Gasteiger partial charge on any atom is -0.481 e. The van der Waals surface area contributed by atoms with E-state index in [2.05, 4.69) is 15.6 Å². The van der Waals surface area contributed by atoms with Gasteiger partial charge in [-0.05, 0) is 32.0 Å². The zero-order chi connectivity index (χ0) is 15.1. The summed E-state index contributed by atoms with van der Waals surface area (Å²) in [6.07, 6.45) is 3.25. The predicted octanol–water partition coefficient (Wildman–Crippen LogP) is 0.723. The Balaban J connectivity index is 2.02. The van der Waals surface area contributed by atoms with Crippen LogP contribution in [0.15, 0.2) is 18.3 Å². The molecule has 1 aromatic rings. The fraction of sp³-hybridized carbons (Fsp3) is 0.600. The number of ether oxygens (including phenoxy) is 2. The van der Waals surface area contributed by atoms with E-state index >= 15 is 0 Å². The highest BCUT2D eigenvalue weighted by atomic mass is 16.5. The van der Waals surface area contributed by atoms with Gasteiger partial charge in [0.25, 0.3) is 0 Å². The third kappa shape index (κ3) is 3.71. The summed E-state index contributed by atoms with van der Waals surface area (Å²) in [7, 11) is 3.22. The number of piperidine rings is 1. The van der Waals surface area contributed by atoms with Crippen molar-refractivity contribution in [3.05, 3.63) is 23.9 Å². The molecule has 2 N–H and O–H groups in total. The van der Waals surface area contributed by atoms with E-state index in [1.165, 1.54) is 0 Å². The molecule has 1 fully saturated rings. The smallest absolute Gasteiger partial charge is 0.228 e. The number of hydrogen-bond donors (Lipinski definition) is 2. The van der Waals surface area contributed by atoms with Gasteiger partial charge in [-0.3, -0.25) is 4.79 Å². The molecule has 1 aliphatic heterocycles. The molecule has 1 aliphatic rings. The Kier molecular flexibility index (Phi) is 5.52. The van der Waals surface area contributed by atoms with Gasteiger partial charge in [-0.25, -0.2) is 4.98 Å². The number of hydrogen-bond acceptors (Lipinski definition) is 5. The van der Waals surface area contributed by atoms with E-state index < -0.39 is 5.41 Å². The molecule has 0 aromatic carbocycles. The van der Waals surface area contributed by atoms with Crippen LogP contribution in [0, 0.1) is 5.41 Å². The molecular formula is C15H23N3O3. The molecule has 0 bridgehead atoms. The zero-order valence-corrected chi connectivity index (χ0v) is 12.6. The second-order valence-corrected chi connectivity index (χ2v) is 5.32. The first kappa shape index (κ1) is 15.7. The van der Waals surface area contributed by atoms with E-state index in [1.807, 2.05) is 12.1 Å². The minimum absolute atomic E-state index is 0.0387. The van der Waals surface area contributed by atoms with Gasteiger partial charge in [0.15, 0.2) is 0 Å².